The summed E-state index contributed by atoms with van der Waals surface area (Å²) >= 11 is 1.40. The minimum Gasteiger partial charge on any atom is -0.340 e. The number of nitrogens with one attached hydrogen (secondary N) is 1. The van der Waals surface area contributed by atoms with Crippen molar-refractivity contribution in [3.05, 3.63) is 35.9 Å². The Bertz CT molecular complexity index is 600. The van der Waals surface area contributed by atoms with E-state index in [1.54, 1.807) is 0 Å². The van der Waals surface area contributed by atoms with Crippen molar-refractivity contribution in [3.8, 4) is 0 Å². The minimum absolute atomic E-state index is 0.0312. The highest BCUT2D eigenvalue weighted by Gasteiger charge is 2.49. The van der Waals surface area contributed by atoms with Crippen LogP contribution in [0.3, 0.4) is 0 Å². The lowest BCUT2D eigenvalue weighted by molar-refractivity contribution is 0.287. The van der Waals surface area contributed by atoms with Gasteiger partial charge in [0.15, 0.2) is 15.0 Å². The largest absolute Gasteiger partial charge is 0.340 e. The minimum atomic E-state index is -2.94. The molecule has 2 aliphatic rings. The SMILES string of the molecule is C[C@@H](c1ccccc1)N1C(=N)S[C@H]2CS(=O)(=O)C[C@@H]21. The molecule has 19 heavy (non-hydrogen) atoms. The summed E-state index contributed by atoms with van der Waals surface area (Å²) < 4.78 is 23.5. The van der Waals surface area contributed by atoms with Gasteiger partial charge in [-0.15, -0.1) is 0 Å². The lowest BCUT2D eigenvalue weighted by atomic mass is 10.1. The zero-order chi connectivity index (χ0) is 13.6. The Morgan fingerprint density at radius 2 is 2.00 bits per heavy atom. The first-order valence-corrected chi connectivity index (χ1v) is 8.97. The molecule has 1 N–H and O–H groups in total. The lowest BCUT2D eigenvalue weighted by Gasteiger charge is -2.30. The van der Waals surface area contributed by atoms with Gasteiger partial charge in [0.05, 0.1) is 23.6 Å². The van der Waals surface area contributed by atoms with Gasteiger partial charge in [-0.3, -0.25) is 5.41 Å². The van der Waals surface area contributed by atoms with Crippen molar-refractivity contribution in [1.82, 2.24) is 4.90 Å². The third-order valence-corrected chi connectivity index (χ3v) is 6.97. The monoisotopic (exact) mass is 296 g/mol. The normalized spacial score (nSPS) is 30.4. The smallest absolute Gasteiger partial charge is 0.157 e. The number of nitrogens with zero attached hydrogens (tertiary/aromatic N) is 1. The van der Waals surface area contributed by atoms with E-state index in [0.29, 0.717) is 5.17 Å². The van der Waals surface area contributed by atoms with E-state index in [1.165, 1.54) is 11.8 Å². The van der Waals surface area contributed by atoms with E-state index in [0.717, 1.165) is 5.56 Å². The molecule has 3 atom stereocenters. The first-order chi connectivity index (χ1) is 8.98. The number of fused-ring (bicyclic) bond motifs is 1. The molecule has 0 spiro atoms. The summed E-state index contributed by atoms with van der Waals surface area (Å²) in [5, 5.41) is 8.64. The average Bonchev–Trinajstić information content (AvgIpc) is 2.79. The van der Waals surface area contributed by atoms with Crippen molar-refractivity contribution in [1.29, 1.82) is 5.41 Å². The summed E-state index contributed by atoms with van der Waals surface area (Å²) in [6.45, 7) is 2.04. The van der Waals surface area contributed by atoms with Crippen molar-refractivity contribution in [3.63, 3.8) is 0 Å². The molecule has 0 unspecified atom stereocenters. The molecule has 102 valence electrons. The maximum Gasteiger partial charge on any atom is 0.157 e. The Hall–Kier alpha value is -1.01. The summed E-state index contributed by atoms with van der Waals surface area (Å²) in [4.78, 5) is 1.97. The predicted molar refractivity (Wildman–Crippen MR) is 78.2 cm³/mol. The molecule has 4 nitrogen and oxygen atoms in total. The van der Waals surface area contributed by atoms with Crippen LogP contribution >= 0.6 is 11.8 Å². The Kier molecular flexibility index (Phi) is 3.09. The van der Waals surface area contributed by atoms with Crippen LogP contribution in [0.2, 0.25) is 0 Å². The maximum absolute atomic E-state index is 11.7. The molecule has 6 heteroatoms. The molecule has 0 bridgehead atoms. The van der Waals surface area contributed by atoms with Crippen molar-refractivity contribution in [2.45, 2.75) is 24.3 Å². The summed E-state index contributed by atoms with van der Waals surface area (Å²) in [6, 6.07) is 9.97. The first-order valence-electron chi connectivity index (χ1n) is 6.27. The topological polar surface area (TPSA) is 61.2 Å². The Labute approximate surface area is 117 Å². The second-order valence-corrected chi connectivity index (χ2v) is 8.48. The number of rotatable bonds is 2. The van der Waals surface area contributed by atoms with Gasteiger partial charge in [-0.2, -0.15) is 0 Å². The Morgan fingerprint density at radius 3 is 2.68 bits per heavy atom. The van der Waals surface area contributed by atoms with Gasteiger partial charge in [-0.25, -0.2) is 8.42 Å². The molecular weight excluding hydrogens is 280 g/mol. The third kappa shape index (κ3) is 2.27. The quantitative estimate of drug-likeness (QED) is 0.905. The third-order valence-electron chi connectivity index (χ3n) is 3.83. The van der Waals surface area contributed by atoms with Crippen LogP contribution in [0.1, 0.15) is 18.5 Å². The van der Waals surface area contributed by atoms with E-state index in [-0.39, 0.29) is 28.8 Å². The highest BCUT2D eigenvalue weighted by atomic mass is 32.2. The van der Waals surface area contributed by atoms with Crippen LogP contribution in [0.25, 0.3) is 0 Å². The average molecular weight is 296 g/mol. The van der Waals surface area contributed by atoms with Crippen molar-refractivity contribution < 1.29 is 8.42 Å². The van der Waals surface area contributed by atoms with Gasteiger partial charge >= 0.3 is 0 Å². The lowest BCUT2D eigenvalue weighted by Crippen LogP contribution is -2.38. The molecule has 2 saturated heterocycles. The van der Waals surface area contributed by atoms with Gasteiger partial charge in [-0.1, -0.05) is 42.1 Å². The van der Waals surface area contributed by atoms with Gasteiger partial charge in [-0.05, 0) is 12.5 Å². The molecule has 1 aromatic carbocycles. The second-order valence-electron chi connectivity index (χ2n) is 5.10. The zero-order valence-corrected chi connectivity index (χ0v) is 12.2. The van der Waals surface area contributed by atoms with Crippen LogP contribution in [-0.2, 0) is 9.84 Å². The zero-order valence-electron chi connectivity index (χ0n) is 10.6. The molecule has 0 amide bonds. The predicted octanol–water partition coefficient (Wildman–Crippen LogP) is 1.90. The first kappa shape index (κ1) is 13.0. The van der Waals surface area contributed by atoms with E-state index in [2.05, 4.69) is 0 Å². The van der Waals surface area contributed by atoms with Crippen molar-refractivity contribution >= 4 is 26.8 Å². The van der Waals surface area contributed by atoms with Gasteiger partial charge in [0, 0.05) is 5.25 Å². The Morgan fingerprint density at radius 1 is 1.32 bits per heavy atom. The van der Waals surface area contributed by atoms with E-state index in [9.17, 15) is 8.42 Å². The van der Waals surface area contributed by atoms with Crippen LogP contribution in [-0.4, -0.2) is 41.3 Å². The molecule has 2 aliphatic heterocycles. The molecular formula is C13H16N2O2S2. The number of sulfone groups is 1. The molecule has 2 fully saturated rings. The van der Waals surface area contributed by atoms with E-state index in [1.807, 2.05) is 42.2 Å². The van der Waals surface area contributed by atoms with Gasteiger partial charge in [0.2, 0.25) is 0 Å². The van der Waals surface area contributed by atoms with Crippen LogP contribution < -0.4 is 0 Å². The number of hydrogen-bond acceptors (Lipinski definition) is 4. The highest BCUT2D eigenvalue weighted by Crippen LogP contribution is 2.41. The standard InChI is InChI=1S/C13H16N2O2S2/c1-9(10-5-3-2-4-6-10)15-11-7-19(16,17)8-12(11)18-13(15)14/h2-6,9,11-12,14H,7-8H2,1H3/t9-,11-,12-/m0/s1. The summed E-state index contributed by atoms with van der Waals surface area (Å²) in [5.41, 5.74) is 1.12. The van der Waals surface area contributed by atoms with Gasteiger partial charge < -0.3 is 4.90 Å². The Balaban J connectivity index is 1.90. The van der Waals surface area contributed by atoms with Gasteiger partial charge in [0.25, 0.3) is 0 Å². The molecule has 1 aromatic rings. The molecule has 2 heterocycles. The highest BCUT2D eigenvalue weighted by molar-refractivity contribution is 8.15. The number of amidine groups is 1. The molecule has 0 saturated carbocycles. The summed E-state index contributed by atoms with van der Waals surface area (Å²) in [7, 11) is -2.94. The number of benzene rings is 1. The van der Waals surface area contributed by atoms with Crippen molar-refractivity contribution in [2.24, 2.45) is 0 Å². The molecule has 0 radical (unpaired) electrons. The fourth-order valence-electron chi connectivity index (χ4n) is 2.88. The maximum atomic E-state index is 11.7. The molecule has 3 rings (SSSR count). The number of thioether (sulfide) groups is 1. The van der Waals surface area contributed by atoms with Gasteiger partial charge in [0.1, 0.15) is 0 Å². The molecule has 0 aliphatic carbocycles. The second kappa shape index (κ2) is 4.52. The fourth-order valence-corrected chi connectivity index (χ4v) is 6.75. The van der Waals surface area contributed by atoms with Crippen LogP contribution in [0.4, 0.5) is 0 Å². The van der Waals surface area contributed by atoms with E-state index >= 15 is 0 Å². The van der Waals surface area contributed by atoms with Crippen LogP contribution in [0.15, 0.2) is 30.3 Å². The van der Waals surface area contributed by atoms with Crippen LogP contribution in [0.5, 0.6) is 0 Å². The summed E-state index contributed by atoms with van der Waals surface area (Å²) in [6.07, 6.45) is 0. The molecule has 0 aromatic heterocycles. The van der Waals surface area contributed by atoms with E-state index < -0.39 is 9.84 Å². The van der Waals surface area contributed by atoms with Crippen molar-refractivity contribution in [2.75, 3.05) is 11.5 Å². The fraction of sp³-hybridized carbons (Fsp3) is 0.462. The van der Waals surface area contributed by atoms with Crippen LogP contribution in [0, 0.1) is 5.41 Å². The summed E-state index contributed by atoms with van der Waals surface area (Å²) in [5.74, 6) is 0.396. The van der Waals surface area contributed by atoms with E-state index in [4.69, 9.17) is 5.41 Å². The number of hydrogen-bond donors (Lipinski definition) is 1.